The van der Waals surface area contributed by atoms with Gasteiger partial charge in [0, 0.05) is 18.7 Å². The van der Waals surface area contributed by atoms with Gasteiger partial charge in [0.15, 0.2) is 0 Å². The Morgan fingerprint density at radius 3 is 2.84 bits per heavy atom. The largest absolute Gasteiger partial charge is 0.336 e. The lowest BCUT2D eigenvalue weighted by molar-refractivity contribution is 0.0600. The third-order valence-electron chi connectivity index (χ3n) is 3.55. The summed E-state index contributed by atoms with van der Waals surface area (Å²) in [6.07, 6.45) is 3.58. The number of rotatable bonds is 3. The van der Waals surface area contributed by atoms with E-state index in [-0.39, 0.29) is 17.5 Å². The zero-order valence-corrected chi connectivity index (χ0v) is 10.7. The molecule has 0 saturated carbocycles. The van der Waals surface area contributed by atoms with E-state index in [1.807, 2.05) is 0 Å². The molecule has 2 N–H and O–H groups in total. The minimum atomic E-state index is -0.804. The minimum Gasteiger partial charge on any atom is -0.336 e. The van der Waals surface area contributed by atoms with Crippen molar-refractivity contribution in [3.8, 4) is 0 Å². The molecular weight excluding hydrogens is 250 g/mol. The zero-order valence-electron chi connectivity index (χ0n) is 10.7. The number of nitrogens with zero attached hydrogens (tertiary/aromatic N) is 1. The molecule has 0 spiro atoms. The molecule has 1 aliphatic rings. The van der Waals surface area contributed by atoms with Crippen molar-refractivity contribution < 1.29 is 13.6 Å². The van der Waals surface area contributed by atoms with Crippen molar-refractivity contribution >= 4 is 5.91 Å². The smallest absolute Gasteiger partial charge is 0.257 e. The van der Waals surface area contributed by atoms with Gasteiger partial charge in [-0.15, -0.1) is 0 Å². The van der Waals surface area contributed by atoms with Gasteiger partial charge in [0.1, 0.15) is 11.6 Å². The van der Waals surface area contributed by atoms with Gasteiger partial charge in [-0.2, -0.15) is 0 Å². The fourth-order valence-electron chi connectivity index (χ4n) is 2.58. The van der Waals surface area contributed by atoms with E-state index in [9.17, 15) is 13.6 Å². The monoisotopic (exact) mass is 268 g/mol. The Balaban J connectivity index is 2.21. The predicted octanol–water partition coefficient (Wildman–Crippen LogP) is 2.31. The summed E-state index contributed by atoms with van der Waals surface area (Å²) < 4.78 is 26.5. The number of amides is 1. The molecule has 5 heteroatoms. The van der Waals surface area contributed by atoms with Crippen LogP contribution in [0.3, 0.4) is 0 Å². The molecule has 3 nitrogen and oxygen atoms in total. The molecule has 0 radical (unpaired) electrons. The Kier molecular flexibility index (Phi) is 4.47. The van der Waals surface area contributed by atoms with E-state index < -0.39 is 11.6 Å². The number of likely N-dealkylation sites (tertiary alicyclic amines) is 1. The van der Waals surface area contributed by atoms with Crippen molar-refractivity contribution in [2.24, 2.45) is 5.73 Å². The van der Waals surface area contributed by atoms with Crippen molar-refractivity contribution in [1.29, 1.82) is 0 Å². The summed E-state index contributed by atoms with van der Waals surface area (Å²) in [6, 6.07) is 3.13. The molecule has 1 fully saturated rings. The van der Waals surface area contributed by atoms with Gasteiger partial charge in [0.2, 0.25) is 0 Å². The van der Waals surface area contributed by atoms with E-state index in [1.165, 1.54) is 6.07 Å². The highest BCUT2D eigenvalue weighted by molar-refractivity contribution is 5.94. The first kappa shape index (κ1) is 13.9. The van der Waals surface area contributed by atoms with Crippen LogP contribution in [-0.4, -0.2) is 29.9 Å². The number of benzene rings is 1. The summed E-state index contributed by atoms with van der Waals surface area (Å²) in [4.78, 5) is 14.0. The van der Waals surface area contributed by atoms with Gasteiger partial charge in [0.05, 0.1) is 5.56 Å². The molecule has 2 rings (SSSR count). The second-order valence-electron chi connectivity index (χ2n) is 4.85. The second-order valence-corrected chi connectivity index (χ2v) is 4.85. The molecule has 104 valence electrons. The van der Waals surface area contributed by atoms with E-state index in [0.29, 0.717) is 19.5 Å². The van der Waals surface area contributed by atoms with Crippen LogP contribution in [0.4, 0.5) is 8.78 Å². The molecule has 1 heterocycles. The van der Waals surface area contributed by atoms with Gasteiger partial charge in [-0.05, 0) is 44.4 Å². The van der Waals surface area contributed by atoms with Gasteiger partial charge in [0.25, 0.3) is 5.91 Å². The lowest BCUT2D eigenvalue weighted by Crippen LogP contribution is -2.44. The number of carbonyl (C=O) groups excluding carboxylic acids is 1. The van der Waals surface area contributed by atoms with Gasteiger partial charge in [-0.25, -0.2) is 8.78 Å². The number of halogens is 2. The topological polar surface area (TPSA) is 46.3 Å². The van der Waals surface area contributed by atoms with Gasteiger partial charge in [-0.1, -0.05) is 0 Å². The summed E-state index contributed by atoms with van der Waals surface area (Å²) in [5, 5.41) is 0. The fraction of sp³-hybridized carbons (Fsp3) is 0.500. The molecule has 1 amide bonds. The van der Waals surface area contributed by atoms with Gasteiger partial charge in [-0.3, -0.25) is 4.79 Å². The molecule has 1 saturated heterocycles. The second kappa shape index (κ2) is 6.10. The molecule has 0 aromatic heterocycles. The molecule has 0 bridgehead atoms. The SMILES string of the molecule is NCCC1CCCCN1C(=O)c1ccc(F)cc1F. The van der Waals surface area contributed by atoms with E-state index in [4.69, 9.17) is 5.73 Å². The van der Waals surface area contributed by atoms with Crippen LogP contribution in [0.1, 0.15) is 36.0 Å². The zero-order chi connectivity index (χ0) is 13.8. The van der Waals surface area contributed by atoms with E-state index >= 15 is 0 Å². The van der Waals surface area contributed by atoms with Crippen LogP contribution < -0.4 is 5.73 Å². The first-order valence-electron chi connectivity index (χ1n) is 6.59. The summed E-state index contributed by atoms with van der Waals surface area (Å²) in [5.41, 5.74) is 5.48. The van der Waals surface area contributed by atoms with Gasteiger partial charge >= 0.3 is 0 Å². The molecule has 1 aromatic rings. The minimum absolute atomic E-state index is 0.0645. The maximum absolute atomic E-state index is 13.7. The number of nitrogens with two attached hydrogens (primary N) is 1. The highest BCUT2D eigenvalue weighted by Crippen LogP contribution is 2.22. The average molecular weight is 268 g/mol. The third-order valence-corrected chi connectivity index (χ3v) is 3.55. The van der Waals surface area contributed by atoms with Crippen LogP contribution in [0, 0.1) is 11.6 Å². The summed E-state index contributed by atoms with van der Waals surface area (Å²) in [6.45, 7) is 1.11. The Hall–Kier alpha value is -1.49. The van der Waals surface area contributed by atoms with Crippen molar-refractivity contribution in [1.82, 2.24) is 4.90 Å². The number of hydrogen-bond donors (Lipinski definition) is 1. The number of piperidine rings is 1. The quantitative estimate of drug-likeness (QED) is 0.914. The standard InChI is InChI=1S/C14H18F2N2O/c15-10-4-5-12(13(16)9-10)14(19)18-8-2-1-3-11(18)6-7-17/h4-5,9,11H,1-3,6-8,17H2. The molecule has 1 aromatic carbocycles. The maximum Gasteiger partial charge on any atom is 0.257 e. The summed E-state index contributed by atoms with van der Waals surface area (Å²) in [7, 11) is 0. The Labute approximate surface area is 111 Å². The molecule has 1 atom stereocenters. The van der Waals surface area contributed by atoms with Crippen LogP contribution in [0.2, 0.25) is 0 Å². The highest BCUT2D eigenvalue weighted by atomic mass is 19.1. The van der Waals surface area contributed by atoms with Crippen molar-refractivity contribution in [3.63, 3.8) is 0 Å². The predicted molar refractivity (Wildman–Crippen MR) is 68.7 cm³/mol. The molecule has 19 heavy (non-hydrogen) atoms. The highest BCUT2D eigenvalue weighted by Gasteiger charge is 2.28. The lowest BCUT2D eigenvalue weighted by atomic mass is 9.98. The summed E-state index contributed by atoms with van der Waals surface area (Å²) in [5.74, 6) is -1.84. The van der Waals surface area contributed by atoms with Crippen LogP contribution in [0.25, 0.3) is 0 Å². The maximum atomic E-state index is 13.7. The van der Waals surface area contributed by atoms with E-state index in [2.05, 4.69) is 0 Å². The van der Waals surface area contributed by atoms with E-state index in [1.54, 1.807) is 4.90 Å². The first-order valence-corrected chi connectivity index (χ1v) is 6.59. The molecule has 1 unspecified atom stereocenters. The average Bonchev–Trinajstić information content (AvgIpc) is 2.39. The number of carbonyl (C=O) groups is 1. The lowest BCUT2D eigenvalue weighted by Gasteiger charge is -2.35. The normalized spacial score (nSPS) is 19.5. The Morgan fingerprint density at radius 1 is 1.37 bits per heavy atom. The Morgan fingerprint density at radius 2 is 2.16 bits per heavy atom. The van der Waals surface area contributed by atoms with Gasteiger partial charge < -0.3 is 10.6 Å². The van der Waals surface area contributed by atoms with Crippen molar-refractivity contribution in [2.45, 2.75) is 31.7 Å². The first-order chi connectivity index (χ1) is 9.13. The van der Waals surface area contributed by atoms with E-state index in [0.717, 1.165) is 31.4 Å². The number of hydrogen-bond acceptors (Lipinski definition) is 2. The van der Waals surface area contributed by atoms with Crippen molar-refractivity contribution in [3.05, 3.63) is 35.4 Å². The molecule has 0 aliphatic carbocycles. The third kappa shape index (κ3) is 3.10. The van der Waals surface area contributed by atoms with Crippen LogP contribution >= 0.6 is 0 Å². The van der Waals surface area contributed by atoms with Crippen molar-refractivity contribution in [2.75, 3.05) is 13.1 Å². The molecular formula is C14H18F2N2O. The van der Waals surface area contributed by atoms with Crippen LogP contribution in [0.15, 0.2) is 18.2 Å². The van der Waals surface area contributed by atoms with Crippen LogP contribution in [-0.2, 0) is 0 Å². The van der Waals surface area contributed by atoms with Crippen LogP contribution in [0.5, 0.6) is 0 Å². The summed E-state index contributed by atoms with van der Waals surface area (Å²) >= 11 is 0. The fourth-order valence-corrected chi connectivity index (χ4v) is 2.58. The molecule has 1 aliphatic heterocycles. The Bertz CT molecular complexity index is 463.